The molecule has 5 heterocycles. The number of carbonyl (C=O) groups excluding carboxylic acids is 2. The second-order valence-electron chi connectivity index (χ2n) is 9.22. The Morgan fingerprint density at radius 3 is 2.33 bits per heavy atom. The van der Waals surface area contributed by atoms with Crippen molar-refractivity contribution in [3.05, 3.63) is 0 Å². The minimum absolute atomic E-state index is 0.216. The fraction of sp³-hybridized carbons (Fsp3) is 0.905. The molecular formula is C21H35N3O3. The van der Waals surface area contributed by atoms with Crippen molar-refractivity contribution in [3.8, 4) is 0 Å². The van der Waals surface area contributed by atoms with Gasteiger partial charge in [0.05, 0.1) is 5.92 Å². The minimum atomic E-state index is 0.216. The van der Waals surface area contributed by atoms with Crippen molar-refractivity contribution in [2.75, 3.05) is 59.5 Å². The van der Waals surface area contributed by atoms with Crippen molar-refractivity contribution in [1.29, 1.82) is 0 Å². The lowest BCUT2D eigenvalue weighted by atomic mass is 9.78. The van der Waals surface area contributed by atoms with Gasteiger partial charge in [-0.2, -0.15) is 0 Å². The number of carbonyl (C=O) groups is 2. The number of piperidine rings is 4. The Hall–Kier alpha value is -1.14. The SMILES string of the molecule is CN(CC1CCN(C(=O)CC2CCOC2)CC1)C(=O)C1CN2CCC1CC2. The zero-order valence-electron chi connectivity index (χ0n) is 16.8. The summed E-state index contributed by atoms with van der Waals surface area (Å²) in [5, 5.41) is 0. The second-order valence-corrected chi connectivity index (χ2v) is 9.22. The summed E-state index contributed by atoms with van der Waals surface area (Å²) >= 11 is 0. The molecule has 0 spiro atoms. The lowest BCUT2D eigenvalue weighted by molar-refractivity contribution is -0.142. The standard InChI is InChI=1S/C21H35N3O3/c1-22(21(26)19-14-23-7-4-18(19)5-8-23)13-16-2-9-24(10-3-16)20(25)12-17-6-11-27-15-17/h16-19H,2-15H2,1H3. The van der Waals surface area contributed by atoms with Gasteiger partial charge < -0.3 is 19.4 Å². The van der Waals surface area contributed by atoms with E-state index in [1.807, 2.05) is 16.8 Å². The van der Waals surface area contributed by atoms with E-state index in [4.69, 9.17) is 4.74 Å². The topological polar surface area (TPSA) is 53.1 Å². The van der Waals surface area contributed by atoms with Crippen LogP contribution in [0.2, 0.25) is 0 Å². The number of ether oxygens (including phenoxy) is 1. The molecule has 152 valence electrons. The van der Waals surface area contributed by atoms with E-state index in [0.717, 1.165) is 58.7 Å². The number of fused-ring (bicyclic) bond motifs is 3. The van der Waals surface area contributed by atoms with Crippen LogP contribution in [0.4, 0.5) is 0 Å². The number of hydrogen-bond acceptors (Lipinski definition) is 4. The predicted molar refractivity (Wildman–Crippen MR) is 103 cm³/mol. The van der Waals surface area contributed by atoms with Crippen LogP contribution in [0.1, 0.15) is 38.5 Å². The molecule has 6 heteroatoms. The smallest absolute Gasteiger partial charge is 0.227 e. The summed E-state index contributed by atoms with van der Waals surface area (Å²) in [6.07, 6.45) is 6.08. The van der Waals surface area contributed by atoms with Crippen molar-refractivity contribution in [2.24, 2.45) is 23.7 Å². The number of amides is 2. The van der Waals surface area contributed by atoms with E-state index in [2.05, 4.69) is 4.90 Å². The van der Waals surface area contributed by atoms with Gasteiger partial charge in [-0.3, -0.25) is 9.59 Å². The van der Waals surface area contributed by atoms with Gasteiger partial charge in [-0.15, -0.1) is 0 Å². The Balaban J connectivity index is 1.20. The molecule has 2 unspecified atom stereocenters. The van der Waals surface area contributed by atoms with Crippen molar-refractivity contribution >= 4 is 11.8 Å². The second kappa shape index (κ2) is 8.48. The minimum Gasteiger partial charge on any atom is -0.381 e. The van der Waals surface area contributed by atoms with Crippen molar-refractivity contribution in [2.45, 2.75) is 38.5 Å². The molecule has 5 aliphatic rings. The van der Waals surface area contributed by atoms with Crippen molar-refractivity contribution in [3.63, 3.8) is 0 Å². The average Bonchev–Trinajstić information content (AvgIpc) is 3.21. The zero-order chi connectivity index (χ0) is 18.8. The van der Waals surface area contributed by atoms with Crippen molar-refractivity contribution in [1.82, 2.24) is 14.7 Å². The van der Waals surface area contributed by atoms with Gasteiger partial charge in [0.1, 0.15) is 0 Å². The van der Waals surface area contributed by atoms with E-state index in [0.29, 0.717) is 36.0 Å². The fourth-order valence-electron chi connectivity index (χ4n) is 5.49. The largest absolute Gasteiger partial charge is 0.381 e. The number of hydrogen-bond donors (Lipinski definition) is 0. The first-order chi connectivity index (χ1) is 13.1. The fourth-order valence-corrected chi connectivity index (χ4v) is 5.49. The van der Waals surface area contributed by atoms with Gasteiger partial charge in [0, 0.05) is 52.9 Å². The van der Waals surface area contributed by atoms with Crippen LogP contribution in [-0.4, -0.2) is 86.0 Å². The molecule has 5 fully saturated rings. The summed E-state index contributed by atoms with van der Waals surface area (Å²) < 4.78 is 5.39. The van der Waals surface area contributed by atoms with E-state index in [1.54, 1.807) is 0 Å². The maximum atomic E-state index is 13.0. The summed E-state index contributed by atoms with van der Waals surface area (Å²) in [5.41, 5.74) is 0. The quantitative estimate of drug-likeness (QED) is 0.728. The molecule has 0 N–H and O–H groups in total. The molecular weight excluding hydrogens is 342 g/mol. The molecule has 5 saturated heterocycles. The molecule has 5 aliphatic heterocycles. The lowest BCUT2D eigenvalue weighted by Crippen LogP contribution is -2.53. The van der Waals surface area contributed by atoms with Gasteiger partial charge in [0.15, 0.2) is 0 Å². The third-order valence-electron chi connectivity index (χ3n) is 7.34. The Labute approximate surface area is 163 Å². The van der Waals surface area contributed by atoms with E-state index in [1.165, 1.54) is 25.9 Å². The molecule has 0 saturated carbocycles. The Bertz CT molecular complexity index is 533. The maximum absolute atomic E-state index is 13.0. The molecule has 0 aliphatic carbocycles. The number of rotatable bonds is 5. The van der Waals surface area contributed by atoms with E-state index >= 15 is 0 Å². The van der Waals surface area contributed by atoms with Crippen LogP contribution in [0.3, 0.4) is 0 Å². The molecule has 0 aromatic heterocycles. The number of likely N-dealkylation sites (tertiary alicyclic amines) is 1. The van der Waals surface area contributed by atoms with Crippen molar-refractivity contribution < 1.29 is 14.3 Å². The summed E-state index contributed by atoms with van der Waals surface area (Å²) in [7, 11) is 1.98. The predicted octanol–water partition coefficient (Wildman–Crippen LogP) is 1.45. The highest BCUT2D eigenvalue weighted by Crippen LogP contribution is 2.33. The van der Waals surface area contributed by atoms with Crippen LogP contribution >= 0.6 is 0 Å². The normalized spacial score (nSPS) is 34.0. The molecule has 27 heavy (non-hydrogen) atoms. The Kier molecular flexibility index (Phi) is 6.02. The molecule has 2 amide bonds. The monoisotopic (exact) mass is 377 g/mol. The van der Waals surface area contributed by atoms with Gasteiger partial charge in [-0.25, -0.2) is 0 Å². The third-order valence-corrected chi connectivity index (χ3v) is 7.34. The highest BCUT2D eigenvalue weighted by Gasteiger charge is 2.39. The maximum Gasteiger partial charge on any atom is 0.227 e. The molecule has 6 nitrogen and oxygen atoms in total. The summed E-state index contributed by atoms with van der Waals surface area (Å²) in [4.78, 5) is 31.9. The summed E-state index contributed by atoms with van der Waals surface area (Å²) in [6, 6.07) is 0. The van der Waals surface area contributed by atoms with Crippen LogP contribution in [0.5, 0.6) is 0 Å². The Morgan fingerprint density at radius 2 is 1.74 bits per heavy atom. The van der Waals surface area contributed by atoms with Crippen LogP contribution < -0.4 is 0 Å². The summed E-state index contributed by atoms with van der Waals surface area (Å²) in [6.45, 7) is 7.41. The van der Waals surface area contributed by atoms with Gasteiger partial charge in [-0.05, 0) is 62.9 Å². The zero-order valence-corrected chi connectivity index (χ0v) is 16.8. The molecule has 2 atom stereocenters. The Morgan fingerprint density at radius 1 is 1.00 bits per heavy atom. The van der Waals surface area contributed by atoms with E-state index in [-0.39, 0.29) is 5.92 Å². The average molecular weight is 378 g/mol. The van der Waals surface area contributed by atoms with Gasteiger partial charge in [0.25, 0.3) is 0 Å². The van der Waals surface area contributed by atoms with E-state index < -0.39 is 0 Å². The molecule has 0 radical (unpaired) electrons. The van der Waals surface area contributed by atoms with E-state index in [9.17, 15) is 9.59 Å². The molecule has 5 rings (SSSR count). The van der Waals surface area contributed by atoms with Gasteiger partial charge in [-0.1, -0.05) is 0 Å². The highest BCUT2D eigenvalue weighted by molar-refractivity contribution is 5.79. The molecule has 0 aromatic carbocycles. The first-order valence-electron chi connectivity index (χ1n) is 10.9. The first kappa shape index (κ1) is 19.2. The van der Waals surface area contributed by atoms with Crippen LogP contribution in [0, 0.1) is 23.7 Å². The van der Waals surface area contributed by atoms with Crippen LogP contribution in [0.15, 0.2) is 0 Å². The van der Waals surface area contributed by atoms with Gasteiger partial charge >= 0.3 is 0 Å². The van der Waals surface area contributed by atoms with Gasteiger partial charge in [0.2, 0.25) is 11.8 Å². The molecule has 0 aromatic rings. The lowest BCUT2D eigenvalue weighted by Gasteiger charge is -2.45. The van der Waals surface area contributed by atoms with Crippen LogP contribution in [-0.2, 0) is 14.3 Å². The summed E-state index contributed by atoms with van der Waals surface area (Å²) in [5.74, 6) is 2.40. The van der Waals surface area contributed by atoms with Crippen LogP contribution in [0.25, 0.3) is 0 Å². The number of nitrogens with zero attached hydrogens (tertiary/aromatic N) is 3. The third kappa shape index (κ3) is 4.48. The molecule has 2 bridgehead atoms. The highest BCUT2D eigenvalue weighted by atomic mass is 16.5. The first-order valence-corrected chi connectivity index (χ1v) is 10.9.